The highest BCUT2D eigenvalue weighted by atomic mass is 79.9. The van der Waals surface area contributed by atoms with Crippen molar-refractivity contribution in [3.05, 3.63) is 46.4 Å². The molecule has 1 heterocycles. The van der Waals surface area contributed by atoms with Crippen molar-refractivity contribution in [2.45, 2.75) is 0 Å². The monoisotopic (exact) mass is 256 g/mol. The van der Waals surface area contributed by atoms with Crippen molar-refractivity contribution in [1.29, 1.82) is 0 Å². The largest absolute Gasteiger partial charge is 0.293 e. The van der Waals surface area contributed by atoms with E-state index >= 15 is 0 Å². The van der Waals surface area contributed by atoms with Crippen LogP contribution in [0.15, 0.2) is 41.4 Å². The summed E-state index contributed by atoms with van der Waals surface area (Å²) in [6.45, 7) is 0. The maximum absolute atomic E-state index is 6.02. The first-order valence-electron chi connectivity index (χ1n) is 3.73. The third-order valence-corrected chi connectivity index (χ3v) is 2.61. The first-order valence-corrected chi connectivity index (χ1v) is 4.90. The van der Waals surface area contributed by atoms with E-state index in [4.69, 9.17) is 11.6 Å². The van der Waals surface area contributed by atoms with Gasteiger partial charge in [-0.25, -0.2) is 4.98 Å². The van der Waals surface area contributed by atoms with Crippen molar-refractivity contribution in [3.63, 3.8) is 0 Å². The average Bonchev–Trinajstić information content (AvgIpc) is 2.52. The van der Waals surface area contributed by atoms with Crippen LogP contribution in [0.2, 0.25) is 5.02 Å². The lowest BCUT2D eigenvalue weighted by Crippen LogP contribution is -1.92. The van der Waals surface area contributed by atoms with Crippen molar-refractivity contribution in [3.8, 4) is 5.69 Å². The van der Waals surface area contributed by atoms with Gasteiger partial charge in [0.2, 0.25) is 0 Å². The number of benzene rings is 1. The SMILES string of the molecule is Clc1ccccc1-n1ccnc1Br. The molecular formula is C9H6BrClN2. The van der Waals surface area contributed by atoms with Gasteiger partial charge in [0.15, 0.2) is 4.73 Å². The molecule has 0 bridgehead atoms. The molecule has 2 aromatic rings. The number of para-hydroxylation sites is 1. The van der Waals surface area contributed by atoms with Crippen LogP contribution in [0.4, 0.5) is 0 Å². The summed E-state index contributed by atoms with van der Waals surface area (Å²) in [5, 5.41) is 0.709. The summed E-state index contributed by atoms with van der Waals surface area (Å²) in [5.41, 5.74) is 0.925. The van der Waals surface area contributed by atoms with Gasteiger partial charge in [0.25, 0.3) is 0 Å². The van der Waals surface area contributed by atoms with E-state index in [2.05, 4.69) is 20.9 Å². The van der Waals surface area contributed by atoms with Crippen molar-refractivity contribution in [2.75, 3.05) is 0 Å². The van der Waals surface area contributed by atoms with Gasteiger partial charge in [-0.1, -0.05) is 23.7 Å². The summed E-state index contributed by atoms with van der Waals surface area (Å²) >= 11 is 9.35. The fourth-order valence-corrected chi connectivity index (χ4v) is 1.77. The Bertz CT molecular complexity index is 425. The summed E-state index contributed by atoms with van der Waals surface area (Å²) in [7, 11) is 0. The predicted octanol–water partition coefficient (Wildman–Crippen LogP) is 3.29. The lowest BCUT2D eigenvalue weighted by Gasteiger charge is -2.05. The van der Waals surface area contributed by atoms with E-state index < -0.39 is 0 Å². The first-order chi connectivity index (χ1) is 6.29. The fraction of sp³-hybridized carbons (Fsp3) is 0. The molecule has 0 saturated heterocycles. The molecule has 0 aliphatic carbocycles. The van der Waals surface area contributed by atoms with E-state index in [1.54, 1.807) is 6.20 Å². The summed E-state index contributed by atoms with van der Waals surface area (Å²) in [6, 6.07) is 7.63. The maximum atomic E-state index is 6.02. The molecule has 0 fully saturated rings. The van der Waals surface area contributed by atoms with E-state index in [-0.39, 0.29) is 0 Å². The number of hydrogen-bond donors (Lipinski definition) is 0. The van der Waals surface area contributed by atoms with Gasteiger partial charge in [0.1, 0.15) is 0 Å². The molecule has 66 valence electrons. The molecule has 0 N–H and O–H groups in total. The Morgan fingerprint density at radius 3 is 2.69 bits per heavy atom. The third-order valence-electron chi connectivity index (χ3n) is 1.71. The lowest BCUT2D eigenvalue weighted by molar-refractivity contribution is 1.01. The normalized spacial score (nSPS) is 10.3. The zero-order chi connectivity index (χ0) is 9.26. The van der Waals surface area contributed by atoms with Gasteiger partial charge in [-0.15, -0.1) is 0 Å². The Morgan fingerprint density at radius 2 is 2.08 bits per heavy atom. The molecule has 0 saturated carbocycles. The predicted molar refractivity (Wildman–Crippen MR) is 56.3 cm³/mol. The quantitative estimate of drug-likeness (QED) is 0.766. The molecule has 0 unspecified atom stereocenters. The molecule has 1 aromatic carbocycles. The van der Waals surface area contributed by atoms with Crippen LogP contribution in [-0.2, 0) is 0 Å². The number of hydrogen-bond acceptors (Lipinski definition) is 1. The molecule has 0 atom stereocenters. The highest BCUT2D eigenvalue weighted by Gasteiger charge is 2.04. The van der Waals surface area contributed by atoms with Crippen LogP contribution in [0, 0.1) is 0 Å². The number of imidazole rings is 1. The smallest absolute Gasteiger partial charge is 0.181 e. The van der Waals surface area contributed by atoms with Crippen LogP contribution < -0.4 is 0 Å². The van der Waals surface area contributed by atoms with Gasteiger partial charge in [0.05, 0.1) is 10.7 Å². The molecular weight excluding hydrogens is 251 g/mol. The van der Waals surface area contributed by atoms with E-state index in [0.717, 1.165) is 10.4 Å². The molecule has 0 spiro atoms. The van der Waals surface area contributed by atoms with E-state index in [9.17, 15) is 0 Å². The minimum Gasteiger partial charge on any atom is -0.293 e. The van der Waals surface area contributed by atoms with E-state index in [1.807, 2.05) is 35.0 Å². The van der Waals surface area contributed by atoms with Crippen LogP contribution >= 0.6 is 27.5 Å². The van der Waals surface area contributed by atoms with Crippen molar-refractivity contribution < 1.29 is 0 Å². The van der Waals surface area contributed by atoms with Crippen LogP contribution in [0.5, 0.6) is 0 Å². The third kappa shape index (κ3) is 1.62. The topological polar surface area (TPSA) is 17.8 Å². The van der Waals surface area contributed by atoms with Gasteiger partial charge >= 0.3 is 0 Å². The molecule has 0 radical (unpaired) electrons. The van der Waals surface area contributed by atoms with Gasteiger partial charge in [-0.05, 0) is 28.1 Å². The number of rotatable bonds is 1. The van der Waals surface area contributed by atoms with E-state index in [1.165, 1.54) is 0 Å². The Hall–Kier alpha value is -0.800. The first kappa shape index (κ1) is 8.78. The van der Waals surface area contributed by atoms with Gasteiger partial charge in [0, 0.05) is 12.4 Å². The number of halogens is 2. The fourth-order valence-electron chi connectivity index (χ4n) is 1.11. The molecule has 0 aliphatic heterocycles. The Kier molecular flexibility index (Phi) is 2.38. The maximum Gasteiger partial charge on any atom is 0.181 e. The summed E-state index contributed by atoms with van der Waals surface area (Å²) < 4.78 is 2.63. The van der Waals surface area contributed by atoms with Crippen LogP contribution in [0.3, 0.4) is 0 Å². The van der Waals surface area contributed by atoms with Crippen LogP contribution in [0.1, 0.15) is 0 Å². The standard InChI is InChI=1S/C9H6BrClN2/c10-9-12-5-6-13(9)8-4-2-1-3-7(8)11/h1-6H. The Labute approximate surface area is 89.3 Å². The minimum absolute atomic E-state index is 0.709. The summed E-state index contributed by atoms with van der Waals surface area (Å²) in [5.74, 6) is 0. The Morgan fingerprint density at radius 1 is 1.31 bits per heavy atom. The van der Waals surface area contributed by atoms with Crippen LogP contribution in [-0.4, -0.2) is 9.55 Å². The van der Waals surface area contributed by atoms with Crippen LogP contribution in [0.25, 0.3) is 5.69 Å². The number of aromatic nitrogens is 2. The number of nitrogens with zero attached hydrogens (tertiary/aromatic N) is 2. The second-order valence-corrected chi connectivity index (χ2v) is 3.63. The molecule has 0 amide bonds. The zero-order valence-corrected chi connectivity index (χ0v) is 8.96. The lowest BCUT2D eigenvalue weighted by atomic mass is 10.3. The van der Waals surface area contributed by atoms with Crippen molar-refractivity contribution in [2.24, 2.45) is 0 Å². The minimum atomic E-state index is 0.709. The van der Waals surface area contributed by atoms with Crippen molar-refractivity contribution in [1.82, 2.24) is 9.55 Å². The molecule has 0 aliphatic rings. The molecule has 13 heavy (non-hydrogen) atoms. The van der Waals surface area contributed by atoms with E-state index in [0.29, 0.717) is 5.02 Å². The highest BCUT2D eigenvalue weighted by molar-refractivity contribution is 9.10. The van der Waals surface area contributed by atoms with Crippen molar-refractivity contribution >= 4 is 27.5 Å². The summed E-state index contributed by atoms with van der Waals surface area (Å²) in [6.07, 6.45) is 3.57. The average molecular weight is 258 g/mol. The second-order valence-electron chi connectivity index (χ2n) is 2.52. The Balaban J connectivity index is 2.59. The summed E-state index contributed by atoms with van der Waals surface area (Å²) in [4.78, 5) is 4.06. The van der Waals surface area contributed by atoms with Gasteiger partial charge < -0.3 is 0 Å². The highest BCUT2D eigenvalue weighted by Crippen LogP contribution is 2.22. The molecule has 4 heteroatoms. The second kappa shape index (κ2) is 3.52. The molecule has 1 aromatic heterocycles. The molecule has 2 nitrogen and oxygen atoms in total. The van der Waals surface area contributed by atoms with Gasteiger partial charge in [-0.3, -0.25) is 4.57 Å². The van der Waals surface area contributed by atoms with Gasteiger partial charge in [-0.2, -0.15) is 0 Å². The zero-order valence-electron chi connectivity index (χ0n) is 6.61. The molecule has 2 rings (SSSR count).